The minimum absolute atomic E-state index is 0.241. The molecule has 1 aliphatic carbocycles. The maximum atomic E-state index is 12.8. The fourth-order valence-electron chi connectivity index (χ4n) is 3.55. The van der Waals surface area contributed by atoms with Crippen molar-refractivity contribution in [3.63, 3.8) is 0 Å². The van der Waals surface area contributed by atoms with Crippen LogP contribution in [0.2, 0.25) is 0 Å². The van der Waals surface area contributed by atoms with Gasteiger partial charge in [-0.15, -0.1) is 11.8 Å². The molecule has 1 aromatic rings. The molecule has 3 nitrogen and oxygen atoms in total. The molecule has 1 aliphatic heterocycles. The van der Waals surface area contributed by atoms with Gasteiger partial charge in [-0.2, -0.15) is 0 Å². The van der Waals surface area contributed by atoms with E-state index in [-0.39, 0.29) is 10.7 Å². The van der Waals surface area contributed by atoms with Gasteiger partial charge in [0, 0.05) is 11.4 Å². The van der Waals surface area contributed by atoms with Crippen LogP contribution in [0.3, 0.4) is 0 Å². The van der Waals surface area contributed by atoms with Gasteiger partial charge in [0.2, 0.25) is 5.91 Å². The highest BCUT2D eigenvalue weighted by Crippen LogP contribution is 2.45. The van der Waals surface area contributed by atoms with Crippen molar-refractivity contribution in [1.82, 2.24) is 10.6 Å². The van der Waals surface area contributed by atoms with Crippen LogP contribution < -0.4 is 10.6 Å². The third kappa shape index (κ3) is 3.85. The smallest absolute Gasteiger partial charge is 0.236 e. The molecule has 2 N–H and O–H groups in total. The van der Waals surface area contributed by atoms with E-state index >= 15 is 0 Å². The maximum absolute atomic E-state index is 12.8. The van der Waals surface area contributed by atoms with Crippen LogP contribution in [-0.2, 0) is 4.79 Å². The Labute approximate surface area is 137 Å². The van der Waals surface area contributed by atoms with Gasteiger partial charge in [-0.3, -0.25) is 4.79 Å². The number of rotatable bonds is 6. The summed E-state index contributed by atoms with van der Waals surface area (Å²) < 4.78 is -0.241. The van der Waals surface area contributed by atoms with E-state index < -0.39 is 0 Å². The molecule has 1 amide bonds. The Morgan fingerprint density at radius 1 is 1.27 bits per heavy atom. The van der Waals surface area contributed by atoms with Crippen molar-refractivity contribution in [2.75, 3.05) is 19.6 Å². The monoisotopic (exact) mass is 318 g/mol. The van der Waals surface area contributed by atoms with Gasteiger partial charge in [-0.1, -0.05) is 31.0 Å². The highest BCUT2D eigenvalue weighted by molar-refractivity contribution is 8.01. The van der Waals surface area contributed by atoms with Crippen molar-refractivity contribution in [1.29, 1.82) is 0 Å². The zero-order valence-corrected chi connectivity index (χ0v) is 14.0. The summed E-state index contributed by atoms with van der Waals surface area (Å²) in [5.74, 6) is 0.992. The van der Waals surface area contributed by atoms with Crippen LogP contribution in [0.25, 0.3) is 0 Å². The lowest BCUT2D eigenvalue weighted by Gasteiger charge is -2.27. The molecule has 1 atom stereocenters. The number of hydrogen-bond acceptors (Lipinski definition) is 3. The van der Waals surface area contributed by atoms with E-state index in [1.165, 1.54) is 24.2 Å². The molecule has 22 heavy (non-hydrogen) atoms. The molecule has 0 radical (unpaired) electrons. The Morgan fingerprint density at radius 3 is 2.73 bits per heavy atom. The lowest BCUT2D eigenvalue weighted by atomic mass is 10.0. The number of hydrogen-bond donors (Lipinski definition) is 2. The van der Waals surface area contributed by atoms with Crippen LogP contribution >= 0.6 is 11.8 Å². The maximum Gasteiger partial charge on any atom is 0.236 e. The third-order valence-electron chi connectivity index (χ3n) is 4.88. The van der Waals surface area contributed by atoms with Crippen LogP contribution in [0.1, 0.15) is 38.5 Å². The average Bonchev–Trinajstić information content (AvgIpc) is 3.21. The Hall–Kier alpha value is -1.00. The van der Waals surface area contributed by atoms with E-state index in [4.69, 9.17) is 0 Å². The molecule has 4 heteroatoms. The normalized spacial score (nSPS) is 23.5. The molecule has 1 heterocycles. The minimum Gasteiger partial charge on any atom is -0.355 e. The molecule has 1 saturated heterocycles. The van der Waals surface area contributed by atoms with Crippen LogP contribution in [0.15, 0.2) is 35.2 Å². The Balaban J connectivity index is 1.56. The second-order valence-corrected chi connectivity index (χ2v) is 7.98. The van der Waals surface area contributed by atoms with Crippen molar-refractivity contribution < 1.29 is 4.79 Å². The zero-order valence-electron chi connectivity index (χ0n) is 13.1. The molecule has 2 aliphatic rings. The Bertz CT molecular complexity index is 479. The summed E-state index contributed by atoms with van der Waals surface area (Å²) in [6.07, 6.45) is 6.69. The van der Waals surface area contributed by atoms with Gasteiger partial charge in [0.05, 0.1) is 4.75 Å². The average molecular weight is 318 g/mol. The van der Waals surface area contributed by atoms with Crippen LogP contribution in [0.5, 0.6) is 0 Å². The third-order valence-corrected chi connectivity index (χ3v) is 6.37. The molecule has 1 aromatic carbocycles. The number of carbonyl (C=O) groups excluding carboxylic acids is 1. The van der Waals surface area contributed by atoms with Gasteiger partial charge >= 0.3 is 0 Å². The predicted molar refractivity (Wildman–Crippen MR) is 92.1 cm³/mol. The van der Waals surface area contributed by atoms with Gasteiger partial charge in [0.15, 0.2) is 0 Å². The van der Waals surface area contributed by atoms with E-state index in [1.807, 2.05) is 6.07 Å². The predicted octanol–water partition coefficient (Wildman–Crippen LogP) is 3.21. The molecule has 0 spiro atoms. The minimum atomic E-state index is -0.241. The lowest BCUT2D eigenvalue weighted by Crippen LogP contribution is -2.43. The van der Waals surface area contributed by atoms with Crippen LogP contribution in [0, 0.1) is 5.92 Å². The van der Waals surface area contributed by atoms with Crippen molar-refractivity contribution in [3.05, 3.63) is 30.3 Å². The number of thioether (sulfide) groups is 1. The molecule has 1 saturated carbocycles. The molecule has 3 rings (SSSR count). The van der Waals surface area contributed by atoms with Crippen molar-refractivity contribution >= 4 is 17.7 Å². The fraction of sp³-hybridized carbons (Fsp3) is 0.611. The van der Waals surface area contributed by atoms with Crippen molar-refractivity contribution in [2.24, 2.45) is 5.92 Å². The standard InChI is InChI=1S/C18H26N2OS/c21-17(20-13-9-15-8-12-19-14-15)18(10-4-5-11-18)22-16-6-2-1-3-7-16/h1-3,6-7,15,19H,4-5,8-14H2,(H,20,21). The first kappa shape index (κ1) is 15.9. The van der Waals surface area contributed by atoms with Crippen molar-refractivity contribution in [2.45, 2.75) is 48.2 Å². The summed E-state index contributed by atoms with van der Waals surface area (Å²) in [6.45, 7) is 3.06. The highest BCUT2D eigenvalue weighted by Gasteiger charge is 2.42. The number of nitrogens with one attached hydrogen (secondary N) is 2. The van der Waals surface area contributed by atoms with Gasteiger partial charge in [-0.05, 0) is 56.8 Å². The summed E-state index contributed by atoms with van der Waals surface area (Å²) in [5.41, 5.74) is 0. The highest BCUT2D eigenvalue weighted by atomic mass is 32.2. The molecule has 120 valence electrons. The second-order valence-electron chi connectivity index (χ2n) is 6.52. The van der Waals surface area contributed by atoms with Gasteiger partial charge in [-0.25, -0.2) is 0 Å². The SMILES string of the molecule is O=C(NCCC1CCNC1)C1(Sc2ccccc2)CCCC1. The summed E-state index contributed by atoms with van der Waals surface area (Å²) in [7, 11) is 0. The van der Waals surface area contributed by atoms with Gasteiger partial charge in [0.25, 0.3) is 0 Å². The largest absolute Gasteiger partial charge is 0.355 e. The summed E-state index contributed by atoms with van der Waals surface area (Å²) in [4.78, 5) is 14.0. The summed E-state index contributed by atoms with van der Waals surface area (Å²) >= 11 is 1.77. The topological polar surface area (TPSA) is 41.1 Å². The van der Waals surface area contributed by atoms with E-state index in [0.29, 0.717) is 0 Å². The van der Waals surface area contributed by atoms with Crippen LogP contribution in [-0.4, -0.2) is 30.3 Å². The summed E-state index contributed by atoms with van der Waals surface area (Å²) in [6, 6.07) is 10.4. The fourth-order valence-corrected chi connectivity index (χ4v) is 4.95. The van der Waals surface area contributed by atoms with Crippen LogP contribution in [0.4, 0.5) is 0 Å². The first-order valence-electron chi connectivity index (χ1n) is 8.52. The molecule has 1 unspecified atom stereocenters. The molecule has 2 fully saturated rings. The first-order valence-corrected chi connectivity index (χ1v) is 9.33. The lowest BCUT2D eigenvalue weighted by molar-refractivity contribution is -0.123. The molecule has 0 bridgehead atoms. The van der Waals surface area contributed by atoms with E-state index in [0.717, 1.165) is 44.8 Å². The van der Waals surface area contributed by atoms with E-state index in [9.17, 15) is 4.79 Å². The number of benzene rings is 1. The zero-order chi connectivity index (χ0) is 15.3. The molecular weight excluding hydrogens is 292 g/mol. The van der Waals surface area contributed by atoms with Crippen molar-refractivity contribution in [3.8, 4) is 0 Å². The molecular formula is C18H26N2OS. The first-order chi connectivity index (χ1) is 10.8. The van der Waals surface area contributed by atoms with E-state index in [2.05, 4.69) is 34.9 Å². The van der Waals surface area contributed by atoms with E-state index in [1.54, 1.807) is 11.8 Å². The van der Waals surface area contributed by atoms with Gasteiger partial charge < -0.3 is 10.6 Å². The number of carbonyl (C=O) groups is 1. The van der Waals surface area contributed by atoms with Gasteiger partial charge in [0.1, 0.15) is 0 Å². The molecule has 0 aromatic heterocycles. The quantitative estimate of drug-likeness (QED) is 0.846. The Morgan fingerprint density at radius 2 is 2.05 bits per heavy atom. The number of amides is 1. The summed E-state index contributed by atoms with van der Waals surface area (Å²) in [5, 5.41) is 6.61. The second kappa shape index (κ2) is 7.51. The Kier molecular flexibility index (Phi) is 5.42.